The molecule has 2 rings (SSSR count). The van der Waals surface area contributed by atoms with Gasteiger partial charge in [-0.1, -0.05) is 19.1 Å². The molecule has 2 aromatic carbocycles. The Labute approximate surface area is 154 Å². The van der Waals surface area contributed by atoms with E-state index in [9.17, 15) is 4.79 Å². The number of methoxy groups -OCH3 is 3. The van der Waals surface area contributed by atoms with Crippen molar-refractivity contribution in [1.82, 2.24) is 5.32 Å². The van der Waals surface area contributed by atoms with Gasteiger partial charge in [-0.3, -0.25) is 4.79 Å². The molecule has 0 aliphatic rings. The second-order valence-electron chi connectivity index (χ2n) is 5.72. The van der Waals surface area contributed by atoms with Gasteiger partial charge in [0.15, 0.2) is 0 Å². The van der Waals surface area contributed by atoms with Gasteiger partial charge in [-0.25, -0.2) is 0 Å². The van der Waals surface area contributed by atoms with Crippen LogP contribution in [0.3, 0.4) is 0 Å². The summed E-state index contributed by atoms with van der Waals surface area (Å²) in [5, 5.41) is 3.02. The van der Waals surface area contributed by atoms with Gasteiger partial charge in [-0.15, -0.1) is 0 Å². The molecule has 0 fully saturated rings. The third-order valence-electron chi connectivity index (χ3n) is 4.04. The summed E-state index contributed by atoms with van der Waals surface area (Å²) in [7, 11) is 4.82. The van der Waals surface area contributed by atoms with E-state index in [1.807, 2.05) is 43.3 Å². The van der Waals surface area contributed by atoms with Crippen LogP contribution in [0, 0.1) is 0 Å². The summed E-state index contributed by atoms with van der Waals surface area (Å²) in [6, 6.07) is 13.1. The fourth-order valence-electron chi connectivity index (χ4n) is 2.57. The van der Waals surface area contributed by atoms with E-state index in [2.05, 4.69) is 5.32 Å². The Morgan fingerprint density at radius 2 is 1.54 bits per heavy atom. The third-order valence-corrected chi connectivity index (χ3v) is 4.04. The molecule has 2 aromatic rings. The number of carbonyl (C=O) groups excluding carboxylic acids is 1. The van der Waals surface area contributed by atoms with E-state index < -0.39 is 0 Å². The van der Waals surface area contributed by atoms with Gasteiger partial charge >= 0.3 is 0 Å². The van der Waals surface area contributed by atoms with Gasteiger partial charge in [0.05, 0.1) is 27.4 Å². The quantitative estimate of drug-likeness (QED) is 0.728. The molecule has 0 saturated heterocycles. The first kappa shape index (κ1) is 19.4. The Kier molecular flexibility index (Phi) is 7.09. The lowest BCUT2D eigenvalue weighted by molar-refractivity contribution is -0.117. The molecular weight excluding hydrogens is 330 g/mol. The van der Waals surface area contributed by atoms with E-state index in [4.69, 9.17) is 14.2 Å². The van der Waals surface area contributed by atoms with Crippen LogP contribution in [0.1, 0.15) is 30.5 Å². The Morgan fingerprint density at radius 1 is 0.962 bits per heavy atom. The van der Waals surface area contributed by atoms with Crippen molar-refractivity contribution in [3.63, 3.8) is 0 Å². The molecule has 0 aliphatic heterocycles. The second-order valence-corrected chi connectivity index (χ2v) is 5.72. The second kappa shape index (κ2) is 9.51. The van der Waals surface area contributed by atoms with Gasteiger partial charge in [0, 0.05) is 12.1 Å². The maximum absolute atomic E-state index is 12.3. The Morgan fingerprint density at radius 3 is 2.04 bits per heavy atom. The first-order valence-corrected chi connectivity index (χ1v) is 8.45. The highest BCUT2D eigenvalue weighted by molar-refractivity contribution is 5.92. The Hall–Kier alpha value is -2.95. The van der Waals surface area contributed by atoms with E-state index >= 15 is 0 Å². The van der Waals surface area contributed by atoms with Gasteiger partial charge in [0.1, 0.15) is 17.2 Å². The summed E-state index contributed by atoms with van der Waals surface area (Å²) >= 11 is 0. The van der Waals surface area contributed by atoms with Gasteiger partial charge in [0.2, 0.25) is 5.91 Å². The monoisotopic (exact) mass is 355 g/mol. The number of hydrogen-bond acceptors (Lipinski definition) is 4. The molecule has 0 heterocycles. The van der Waals surface area contributed by atoms with Crippen molar-refractivity contribution in [3.8, 4) is 17.2 Å². The number of rotatable bonds is 8. The predicted molar refractivity (Wildman–Crippen MR) is 103 cm³/mol. The first-order chi connectivity index (χ1) is 12.6. The molecule has 0 saturated carbocycles. The molecule has 0 radical (unpaired) electrons. The van der Waals surface area contributed by atoms with Crippen molar-refractivity contribution in [3.05, 3.63) is 59.7 Å². The van der Waals surface area contributed by atoms with Crippen molar-refractivity contribution in [2.45, 2.75) is 19.4 Å². The predicted octanol–water partition coefficient (Wildman–Crippen LogP) is 3.99. The van der Waals surface area contributed by atoms with E-state index in [0.717, 1.165) is 23.3 Å². The number of amides is 1. The minimum Gasteiger partial charge on any atom is -0.497 e. The normalized spacial score (nSPS) is 11.8. The van der Waals surface area contributed by atoms with Crippen LogP contribution in [-0.4, -0.2) is 27.2 Å². The highest BCUT2D eigenvalue weighted by Crippen LogP contribution is 2.23. The van der Waals surface area contributed by atoms with Gasteiger partial charge < -0.3 is 19.5 Å². The van der Waals surface area contributed by atoms with Crippen LogP contribution < -0.4 is 19.5 Å². The van der Waals surface area contributed by atoms with Gasteiger partial charge in [-0.2, -0.15) is 0 Å². The third kappa shape index (κ3) is 5.28. The highest BCUT2D eigenvalue weighted by Gasteiger charge is 2.11. The number of carbonyl (C=O) groups is 1. The number of hydrogen-bond donors (Lipinski definition) is 1. The molecule has 5 nitrogen and oxygen atoms in total. The standard InChI is InChI=1S/C21H25NO4/c1-5-20(16-7-9-17(24-2)10-8-16)22-21(23)11-6-15-12-18(25-3)14-19(13-15)26-4/h6-14,20H,5H2,1-4H3,(H,22,23)/b11-6+. The van der Waals surface area contributed by atoms with E-state index in [1.165, 1.54) is 6.08 Å². The van der Waals surface area contributed by atoms with Gasteiger partial charge in [-0.05, 0) is 47.9 Å². The molecule has 1 unspecified atom stereocenters. The summed E-state index contributed by atoms with van der Waals surface area (Å²) in [6.45, 7) is 2.03. The lowest BCUT2D eigenvalue weighted by Crippen LogP contribution is -2.26. The summed E-state index contributed by atoms with van der Waals surface area (Å²) in [5.74, 6) is 1.99. The van der Waals surface area contributed by atoms with Crippen LogP contribution in [0.25, 0.3) is 6.08 Å². The van der Waals surface area contributed by atoms with Crippen LogP contribution in [-0.2, 0) is 4.79 Å². The average molecular weight is 355 g/mol. The van der Waals surface area contributed by atoms with Crippen LogP contribution in [0.15, 0.2) is 48.5 Å². The van der Waals surface area contributed by atoms with E-state index in [1.54, 1.807) is 33.5 Å². The summed E-state index contributed by atoms with van der Waals surface area (Å²) in [6.07, 6.45) is 4.04. The summed E-state index contributed by atoms with van der Waals surface area (Å²) in [4.78, 5) is 12.3. The molecule has 5 heteroatoms. The fourth-order valence-corrected chi connectivity index (χ4v) is 2.57. The Balaban J connectivity index is 2.07. The maximum Gasteiger partial charge on any atom is 0.244 e. The molecule has 0 aliphatic carbocycles. The summed E-state index contributed by atoms with van der Waals surface area (Å²) < 4.78 is 15.6. The van der Waals surface area contributed by atoms with Gasteiger partial charge in [0.25, 0.3) is 0 Å². The zero-order chi connectivity index (χ0) is 18.9. The van der Waals surface area contributed by atoms with Crippen molar-refractivity contribution in [2.24, 2.45) is 0 Å². The lowest BCUT2D eigenvalue weighted by atomic mass is 10.0. The largest absolute Gasteiger partial charge is 0.497 e. The lowest BCUT2D eigenvalue weighted by Gasteiger charge is -2.16. The fraction of sp³-hybridized carbons (Fsp3) is 0.286. The maximum atomic E-state index is 12.3. The smallest absolute Gasteiger partial charge is 0.244 e. The molecule has 1 atom stereocenters. The topological polar surface area (TPSA) is 56.8 Å². The molecule has 0 spiro atoms. The minimum absolute atomic E-state index is 0.0575. The first-order valence-electron chi connectivity index (χ1n) is 8.45. The van der Waals surface area contributed by atoms with Crippen LogP contribution in [0.2, 0.25) is 0 Å². The number of ether oxygens (including phenoxy) is 3. The zero-order valence-corrected chi connectivity index (χ0v) is 15.6. The van der Waals surface area contributed by atoms with Crippen molar-refractivity contribution >= 4 is 12.0 Å². The van der Waals surface area contributed by atoms with Crippen molar-refractivity contribution in [2.75, 3.05) is 21.3 Å². The van der Waals surface area contributed by atoms with Crippen LogP contribution in [0.5, 0.6) is 17.2 Å². The van der Waals surface area contributed by atoms with Crippen molar-refractivity contribution < 1.29 is 19.0 Å². The number of benzene rings is 2. The molecule has 1 N–H and O–H groups in total. The minimum atomic E-state index is -0.158. The van der Waals surface area contributed by atoms with Crippen molar-refractivity contribution in [1.29, 1.82) is 0 Å². The SMILES string of the molecule is CCC(NC(=O)/C=C/c1cc(OC)cc(OC)c1)c1ccc(OC)cc1. The Bertz CT molecular complexity index is 731. The van der Waals surface area contributed by atoms with Crippen LogP contribution in [0.4, 0.5) is 0 Å². The van der Waals surface area contributed by atoms with Crippen LogP contribution >= 0.6 is 0 Å². The molecule has 138 valence electrons. The van der Waals surface area contributed by atoms with E-state index in [-0.39, 0.29) is 11.9 Å². The molecule has 26 heavy (non-hydrogen) atoms. The highest BCUT2D eigenvalue weighted by atomic mass is 16.5. The zero-order valence-electron chi connectivity index (χ0n) is 15.6. The number of nitrogens with one attached hydrogen (secondary N) is 1. The molecule has 1 amide bonds. The molecule has 0 bridgehead atoms. The molecular formula is C21H25NO4. The van der Waals surface area contributed by atoms with E-state index in [0.29, 0.717) is 11.5 Å². The average Bonchev–Trinajstić information content (AvgIpc) is 2.70. The molecule has 0 aromatic heterocycles. The summed E-state index contributed by atoms with van der Waals surface area (Å²) in [5.41, 5.74) is 1.87.